The highest BCUT2D eigenvalue weighted by molar-refractivity contribution is 6.21. The largest absolute Gasteiger partial charge is 0.389 e. The number of nitrogens with zero attached hydrogens (tertiary/aromatic N) is 1. The van der Waals surface area contributed by atoms with Gasteiger partial charge in [-0.05, 0) is 58.2 Å². The molecule has 4 rings (SSSR count). The minimum Gasteiger partial charge on any atom is -0.389 e. The maximum Gasteiger partial charge on any atom is 0.144 e. The third-order valence-corrected chi connectivity index (χ3v) is 6.14. The molecule has 30 heavy (non-hydrogen) atoms. The maximum absolute atomic E-state index is 6.33. The van der Waals surface area contributed by atoms with Gasteiger partial charge in [0.15, 0.2) is 0 Å². The summed E-state index contributed by atoms with van der Waals surface area (Å²) in [5.74, 6) is 0.242. The van der Waals surface area contributed by atoms with Gasteiger partial charge < -0.3 is 4.84 Å². The summed E-state index contributed by atoms with van der Waals surface area (Å²) < 4.78 is 0. The molecular weight excluding hydrogens is 366 g/mol. The Kier molecular flexibility index (Phi) is 4.96. The zero-order valence-electron chi connectivity index (χ0n) is 19.5. The van der Waals surface area contributed by atoms with Gasteiger partial charge in [0.2, 0.25) is 0 Å². The molecule has 0 N–H and O–H groups in total. The van der Waals surface area contributed by atoms with E-state index in [9.17, 15) is 0 Å². The van der Waals surface area contributed by atoms with Crippen molar-refractivity contribution >= 4 is 27.3 Å². The molecule has 0 saturated carbocycles. The molecular formula is C28H35NO. The Morgan fingerprint density at radius 2 is 1.37 bits per heavy atom. The van der Waals surface area contributed by atoms with Crippen molar-refractivity contribution in [3.63, 3.8) is 0 Å². The van der Waals surface area contributed by atoms with Gasteiger partial charge in [0.1, 0.15) is 5.60 Å². The fraction of sp³-hybridized carbons (Fsp3) is 0.464. The third kappa shape index (κ3) is 3.97. The van der Waals surface area contributed by atoms with Crippen LogP contribution in [0.1, 0.15) is 66.9 Å². The minimum atomic E-state index is -0.307. The predicted molar refractivity (Wildman–Crippen MR) is 129 cm³/mol. The number of oxime groups is 1. The topological polar surface area (TPSA) is 21.6 Å². The van der Waals surface area contributed by atoms with Gasteiger partial charge in [-0.2, -0.15) is 0 Å². The number of hydrogen-bond acceptors (Lipinski definition) is 2. The highest BCUT2D eigenvalue weighted by Crippen LogP contribution is 2.47. The zero-order chi connectivity index (χ0) is 21.7. The maximum atomic E-state index is 6.33. The summed E-state index contributed by atoms with van der Waals surface area (Å²) in [4.78, 5) is 6.33. The Morgan fingerprint density at radius 1 is 0.833 bits per heavy atom. The summed E-state index contributed by atoms with van der Waals surface area (Å²) in [7, 11) is 0. The Balaban J connectivity index is 1.95. The van der Waals surface area contributed by atoms with Crippen molar-refractivity contribution in [3.8, 4) is 0 Å². The predicted octanol–water partition coefficient (Wildman–Crippen LogP) is 7.97. The third-order valence-electron chi connectivity index (χ3n) is 6.14. The van der Waals surface area contributed by atoms with Crippen LogP contribution in [-0.4, -0.2) is 11.3 Å². The molecule has 0 spiro atoms. The summed E-state index contributed by atoms with van der Waals surface area (Å²) >= 11 is 0. The summed E-state index contributed by atoms with van der Waals surface area (Å²) in [5, 5.41) is 9.86. The van der Waals surface area contributed by atoms with Crippen molar-refractivity contribution in [3.05, 3.63) is 60.2 Å². The molecule has 0 amide bonds. The lowest BCUT2D eigenvalue weighted by Gasteiger charge is -2.38. The molecule has 0 aromatic heterocycles. The zero-order valence-corrected chi connectivity index (χ0v) is 19.5. The monoisotopic (exact) mass is 401 g/mol. The molecule has 1 aliphatic heterocycles. The summed E-state index contributed by atoms with van der Waals surface area (Å²) in [5.41, 5.74) is 2.40. The van der Waals surface area contributed by atoms with E-state index >= 15 is 0 Å². The van der Waals surface area contributed by atoms with Crippen LogP contribution < -0.4 is 0 Å². The highest BCUT2D eigenvalue weighted by atomic mass is 16.7. The van der Waals surface area contributed by atoms with Gasteiger partial charge in [-0.3, -0.25) is 0 Å². The van der Waals surface area contributed by atoms with Crippen molar-refractivity contribution in [1.82, 2.24) is 0 Å². The van der Waals surface area contributed by atoms with E-state index in [1.165, 1.54) is 27.1 Å². The normalized spacial score (nSPS) is 22.4. The van der Waals surface area contributed by atoms with Gasteiger partial charge in [0.25, 0.3) is 0 Å². The smallest absolute Gasteiger partial charge is 0.144 e. The first-order valence-electron chi connectivity index (χ1n) is 11.1. The van der Waals surface area contributed by atoms with Crippen LogP contribution >= 0.6 is 0 Å². The Morgan fingerprint density at radius 3 is 1.87 bits per heavy atom. The summed E-state index contributed by atoms with van der Waals surface area (Å²) in [6.07, 6.45) is 2.01. The lowest BCUT2D eigenvalue weighted by atomic mass is 9.68. The molecule has 158 valence electrons. The standard InChI is InChI=1S/C28H35NO/c1-26(2,3)17-23-25(29-30-28(23,7)18-27(4,5)6)24-21-14-10-8-12-19(21)16-20-13-9-11-15-22(20)24/h8-16,23H,17-18H2,1-7H3. The number of rotatable bonds is 3. The van der Waals surface area contributed by atoms with Crippen LogP contribution in [0.5, 0.6) is 0 Å². The molecule has 0 aliphatic carbocycles. The lowest BCUT2D eigenvalue weighted by molar-refractivity contribution is -0.0632. The quantitative estimate of drug-likeness (QED) is 0.408. The average Bonchev–Trinajstić information content (AvgIpc) is 2.92. The van der Waals surface area contributed by atoms with E-state index in [1.807, 2.05) is 0 Å². The first kappa shape index (κ1) is 20.9. The van der Waals surface area contributed by atoms with Crippen molar-refractivity contribution in [1.29, 1.82) is 0 Å². The Hall–Kier alpha value is -2.35. The van der Waals surface area contributed by atoms with Gasteiger partial charge in [-0.25, -0.2) is 0 Å². The molecule has 3 aromatic rings. The number of hydrogen-bond donors (Lipinski definition) is 0. The van der Waals surface area contributed by atoms with Crippen LogP contribution in [0.15, 0.2) is 59.8 Å². The number of fused-ring (bicyclic) bond motifs is 2. The van der Waals surface area contributed by atoms with E-state index in [2.05, 4.69) is 103 Å². The molecule has 0 radical (unpaired) electrons. The lowest BCUT2D eigenvalue weighted by Crippen LogP contribution is -2.41. The van der Waals surface area contributed by atoms with E-state index < -0.39 is 0 Å². The molecule has 2 atom stereocenters. The second kappa shape index (κ2) is 7.11. The Bertz CT molecular complexity index is 1060. The molecule has 3 aromatic carbocycles. The molecule has 2 nitrogen and oxygen atoms in total. The van der Waals surface area contributed by atoms with Crippen molar-refractivity contribution < 1.29 is 4.84 Å². The van der Waals surface area contributed by atoms with Crippen molar-refractivity contribution in [2.24, 2.45) is 21.9 Å². The molecule has 2 heteroatoms. The SMILES string of the molecule is CC(C)(C)CC1C(c2c3ccccc3cc3ccccc23)=NOC1(C)CC(C)(C)C. The van der Waals surface area contributed by atoms with Gasteiger partial charge in [0, 0.05) is 11.5 Å². The van der Waals surface area contributed by atoms with E-state index in [0.717, 1.165) is 18.6 Å². The molecule has 2 unspecified atom stereocenters. The fourth-order valence-corrected chi connectivity index (χ4v) is 5.21. The van der Waals surface area contributed by atoms with Crippen LogP contribution in [-0.2, 0) is 4.84 Å². The van der Waals surface area contributed by atoms with E-state index in [0.29, 0.717) is 0 Å². The van der Waals surface area contributed by atoms with Gasteiger partial charge >= 0.3 is 0 Å². The Labute approximate surface area is 181 Å². The van der Waals surface area contributed by atoms with E-state index in [1.54, 1.807) is 0 Å². The number of benzene rings is 3. The second-order valence-electron chi connectivity index (χ2n) is 11.6. The first-order valence-corrected chi connectivity index (χ1v) is 11.1. The van der Waals surface area contributed by atoms with Crippen LogP contribution in [0.25, 0.3) is 21.5 Å². The molecule has 1 heterocycles. The second-order valence-corrected chi connectivity index (χ2v) is 11.6. The molecule has 0 bridgehead atoms. The van der Waals surface area contributed by atoms with Gasteiger partial charge in [0.05, 0.1) is 5.71 Å². The summed E-state index contributed by atoms with van der Waals surface area (Å²) in [6.45, 7) is 16.1. The van der Waals surface area contributed by atoms with Gasteiger partial charge in [-0.1, -0.05) is 95.2 Å². The molecule has 0 saturated heterocycles. The minimum absolute atomic E-state index is 0.163. The van der Waals surface area contributed by atoms with Gasteiger partial charge in [-0.15, -0.1) is 0 Å². The fourth-order valence-electron chi connectivity index (χ4n) is 5.21. The van der Waals surface area contributed by atoms with Crippen LogP contribution in [0.2, 0.25) is 0 Å². The van der Waals surface area contributed by atoms with Crippen LogP contribution in [0.4, 0.5) is 0 Å². The van der Waals surface area contributed by atoms with Crippen LogP contribution in [0, 0.1) is 16.7 Å². The molecule has 1 aliphatic rings. The van der Waals surface area contributed by atoms with E-state index in [4.69, 9.17) is 9.99 Å². The van der Waals surface area contributed by atoms with Crippen LogP contribution in [0.3, 0.4) is 0 Å². The first-order chi connectivity index (χ1) is 14.0. The highest BCUT2D eigenvalue weighted by Gasteiger charge is 2.49. The van der Waals surface area contributed by atoms with Crippen molar-refractivity contribution in [2.45, 2.75) is 66.9 Å². The summed E-state index contributed by atoms with van der Waals surface area (Å²) in [6, 6.07) is 19.6. The molecule has 0 fully saturated rings. The average molecular weight is 402 g/mol. The van der Waals surface area contributed by atoms with E-state index in [-0.39, 0.29) is 22.3 Å². The van der Waals surface area contributed by atoms with Crippen molar-refractivity contribution in [2.75, 3.05) is 0 Å².